The molecule has 0 amide bonds. The number of fused-ring (bicyclic) bond motifs is 4. The number of hydrogen-bond acceptors (Lipinski definition) is 3. The van der Waals surface area contributed by atoms with E-state index in [0.717, 1.165) is 24.7 Å². The third kappa shape index (κ3) is 4.04. The van der Waals surface area contributed by atoms with Crippen LogP contribution in [0.25, 0.3) is 0 Å². The minimum atomic E-state index is -0.453. The van der Waals surface area contributed by atoms with Gasteiger partial charge in [-0.3, -0.25) is 0 Å². The molecule has 4 aliphatic carbocycles. The average Bonchev–Trinajstić information content (AvgIpc) is 2.69. The lowest BCUT2D eigenvalue weighted by Crippen LogP contribution is -2.37. The summed E-state index contributed by atoms with van der Waals surface area (Å²) in [6, 6.07) is 0. The predicted molar refractivity (Wildman–Crippen MR) is 112 cm³/mol. The topological polar surface area (TPSA) is 35.5 Å². The van der Waals surface area contributed by atoms with E-state index in [1.165, 1.54) is 36.8 Å². The average molecular weight is 387 g/mol. The van der Waals surface area contributed by atoms with Crippen molar-refractivity contribution in [2.24, 2.45) is 47.3 Å². The minimum Gasteiger partial charge on any atom is -0.434 e. The van der Waals surface area contributed by atoms with E-state index < -0.39 is 6.16 Å². The van der Waals surface area contributed by atoms with Gasteiger partial charge in [0.05, 0.1) is 13.2 Å². The van der Waals surface area contributed by atoms with Crippen molar-refractivity contribution in [1.29, 1.82) is 0 Å². The van der Waals surface area contributed by atoms with Gasteiger partial charge in [0, 0.05) is 0 Å². The van der Waals surface area contributed by atoms with Crippen LogP contribution in [0.1, 0.15) is 66.2 Å². The molecular weight excluding hydrogens is 348 g/mol. The van der Waals surface area contributed by atoms with Crippen LogP contribution < -0.4 is 0 Å². The fourth-order valence-corrected chi connectivity index (χ4v) is 6.49. The fourth-order valence-electron chi connectivity index (χ4n) is 6.49. The van der Waals surface area contributed by atoms with Gasteiger partial charge in [0.15, 0.2) is 0 Å². The molecule has 0 aromatic heterocycles. The summed E-state index contributed by atoms with van der Waals surface area (Å²) in [7, 11) is 0. The minimum absolute atomic E-state index is 0.453. The maximum atomic E-state index is 12.3. The van der Waals surface area contributed by atoms with E-state index in [-0.39, 0.29) is 0 Å². The first-order valence-electron chi connectivity index (χ1n) is 11.5. The Bertz CT molecular complexity index is 594. The third-order valence-corrected chi connectivity index (χ3v) is 8.93. The largest absolute Gasteiger partial charge is 0.508 e. The molecule has 3 nitrogen and oxygen atoms in total. The highest BCUT2D eigenvalue weighted by molar-refractivity contribution is 5.59. The summed E-state index contributed by atoms with van der Waals surface area (Å²) in [4.78, 5) is 12.3. The lowest BCUT2D eigenvalue weighted by atomic mass is 9.63. The molecule has 4 bridgehead atoms. The summed E-state index contributed by atoms with van der Waals surface area (Å²) in [5.41, 5.74) is 3.08. The van der Waals surface area contributed by atoms with Crippen LogP contribution in [0.5, 0.6) is 0 Å². The molecule has 2 saturated carbocycles. The van der Waals surface area contributed by atoms with Gasteiger partial charge in [0.1, 0.15) is 0 Å². The van der Waals surface area contributed by atoms with Crippen molar-refractivity contribution in [3.63, 3.8) is 0 Å². The number of ether oxygens (including phenoxy) is 2. The molecule has 2 fully saturated rings. The number of carbonyl (C=O) groups is 1. The van der Waals surface area contributed by atoms with E-state index >= 15 is 0 Å². The summed E-state index contributed by atoms with van der Waals surface area (Å²) >= 11 is 0. The monoisotopic (exact) mass is 386 g/mol. The number of allylic oxidation sites excluding steroid dienone is 4. The second kappa shape index (κ2) is 8.24. The van der Waals surface area contributed by atoms with Gasteiger partial charge in [-0.2, -0.15) is 0 Å². The normalized spacial score (nSPS) is 42.3. The van der Waals surface area contributed by atoms with Crippen molar-refractivity contribution in [1.82, 2.24) is 0 Å². The first-order chi connectivity index (χ1) is 13.4. The number of rotatable bonds is 4. The van der Waals surface area contributed by atoms with Gasteiger partial charge in [0.25, 0.3) is 0 Å². The van der Waals surface area contributed by atoms with Crippen LogP contribution in [-0.4, -0.2) is 19.4 Å². The smallest absolute Gasteiger partial charge is 0.434 e. The van der Waals surface area contributed by atoms with Crippen LogP contribution in [0.2, 0.25) is 0 Å². The van der Waals surface area contributed by atoms with Crippen LogP contribution in [0.4, 0.5) is 4.79 Å². The molecule has 4 rings (SSSR count). The van der Waals surface area contributed by atoms with Gasteiger partial charge < -0.3 is 9.47 Å². The van der Waals surface area contributed by atoms with Crippen molar-refractivity contribution in [3.8, 4) is 0 Å². The van der Waals surface area contributed by atoms with Crippen molar-refractivity contribution in [2.75, 3.05) is 13.2 Å². The Morgan fingerprint density at radius 3 is 1.68 bits per heavy atom. The quantitative estimate of drug-likeness (QED) is 0.414. The van der Waals surface area contributed by atoms with E-state index in [1.807, 2.05) is 0 Å². The van der Waals surface area contributed by atoms with Crippen molar-refractivity contribution < 1.29 is 14.3 Å². The van der Waals surface area contributed by atoms with E-state index in [9.17, 15) is 4.79 Å². The summed E-state index contributed by atoms with van der Waals surface area (Å²) in [6.45, 7) is 10.3. The molecule has 0 aromatic rings. The van der Waals surface area contributed by atoms with Crippen molar-refractivity contribution >= 4 is 6.16 Å². The first kappa shape index (κ1) is 20.0. The SMILES string of the molecule is CC1=CCC2CC1CC(COC(=O)OCC1CC3CC(CC=C3C)C1C)C2C. The number of hydrogen-bond donors (Lipinski definition) is 0. The highest BCUT2D eigenvalue weighted by Crippen LogP contribution is 2.47. The van der Waals surface area contributed by atoms with Crippen LogP contribution in [-0.2, 0) is 9.47 Å². The molecule has 156 valence electrons. The van der Waals surface area contributed by atoms with Crippen molar-refractivity contribution in [2.45, 2.75) is 66.2 Å². The zero-order chi connectivity index (χ0) is 19.8. The second-order valence-corrected chi connectivity index (χ2v) is 10.3. The predicted octanol–water partition coefficient (Wildman–Crippen LogP) is 6.40. The first-order valence-corrected chi connectivity index (χ1v) is 11.5. The van der Waals surface area contributed by atoms with Gasteiger partial charge in [-0.05, 0) is 99.7 Å². The molecule has 0 spiro atoms. The van der Waals surface area contributed by atoms with Gasteiger partial charge in [-0.15, -0.1) is 0 Å². The zero-order valence-electron chi connectivity index (χ0n) is 18.2. The van der Waals surface area contributed by atoms with Crippen LogP contribution in [0, 0.1) is 47.3 Å². The van der Waals surface area contributed by atoms with E-state index in [4.69, 9.17) is 9.47 Å². The Balaban J connectivity index is 1.24. The molecular formula is C25H38O3. The Morgan fingerprint density at radius 2 is 1.25 bits per heavy atom. The lowest BCUT2D eigenvalue weighted by Gasteiger charge is -2.43. The molecule has 0 heterocycles. The molecule has 28 heavy (non-hydrogen) atoms. The highest BCUT2D eigenvalue weighted by atomic mass is 16.7. The summed E-state index contributed by atoms with van der Waals surface area (Å²) < 4.78 is 11.2. The summed E-state index contributed by atoms with van der Waals surface area (Å²) in [5, 5.41) is 0. The van der Waals surface area contributed by atoms with Gasteiger partial charge >= 0.3 is 6.16 Å². The van der Waals surface area contributed by atoms with E-state index in [0.29, 0.717) is 48.7 Å². The molecule has 0 N–H and O–H groups in total. The van der Waals surface area contributed by atoms with E-state index in [1.54, 1.807) is 0 Å². The molecule has 8 unspecified atom stereocenters. The van der Waals surface area contributed by atoms with E-state index in [2.05, 4.69) is 39.8 Å². The van der Waals surface area contributed by atoms with Crippen molar-refractivity contribution in [3.05, 3.63) is 23.3 Å². The number of carbonyl (C=O) groups excluding carboxylic acids is 1. The molecule has 0 aromatic carbocycles. The fraction of sp³-hybridized carbons (Fsp3) is 0.800. The summed E-state index contributed by atoms with van der Waals surface area (Å²) in [6.07, 6.45) is 11.7. The Hall–Kier alpha value is -1.25. The molecule has 3 heteroatoms. The lowest BCUT2D eigenvalue weighted by molar-refractivity contribution is -0.00585. The Morgan fingerprint density at radius 1 is 0.821 bits per heavy atom. The van der Waals surface area contributed by atoms with Crippen LogP contribution >= 0.6 is 0 Å². The van der Waals surface area contributed by atoms with Gasteiger partial charge in [-0.25, -0.2) is 4.79 Å². The second-order valence-electron chi connectivity index (χ2n) is 10.3. The van der Waals surface area contributed by atoms with Crippen LogP contribution in [0.3, 0.4) is 0 Å². The molecule has 0 radical (unpaired) electrons. The van der Waals surface area contributed by atoms with Gasteiger partial charge in [-0.1, -0.05) is 37.1 Å². The highest BCUT2D eigenvalue weighted by Gasteiger charge is 2.39. The molecule has 8 atom stereocenters. The molecule has 4 aliphatic rings. The maximum absolute atomic E-state index is 12.3. The molecule has 0 saturated heterocycles. The third-order valence-electron chi connectivity index (χ3n) is 8.93. The summed E-state index contributed by atoms with van der Waals surface area (Å²) in [5.74, 6) is 5.09. The van der Waals surface area contributed by atoms with Crippen LogP contribution in [0.15, 0.2) is 23.3 Å². The standard InChI is InChI=1S/C25H38O3/c1-15-5-7-19-9-21(15)11-23(17(19)3)13-27-25(26)28-14-24-12-22-10-20(18(24)4)8-6-16(22)2/h5-6,17-24H,7-14H2,1-4H3. The van der Waals surface area contributed by atoms with Gasteiger partial charge in [0.2, 0.25) is 0 Å². The Kier molecular flexibility index (Phi) is 5.90. The zero-order valence-corrected chi connectivity index (χ0v) is 18.2. The Labute approximate surface area is 170 Å². The molecule has 0 aliphatic heterocycles. The maximum Gasteiger partial charge on any atom is 0.508 e.